The highest BCUT2D eigenvalue weighted by atomic mass is 16.4. The van der Waals surface area contributed by atoms with Gasteiger partial charge in [0, 0.05) is 13.0 Å². The minimum Gasteiger partial charge on any atom is -0.544 e. The predicted octanol–water partition coefficient (Wildman–Crippen LogP) is 4.82. The Morgan fingerprint density at radius 3 is 2.10 bits per heavy atom. The predicted molar refractivity (Wildman–Crippen MR) is 125 cm³/mol. The third kappa shape index (κ3) is 11.7. The number of quaternary nitrogens is 1. The van der Waals surface area contributed by atoms with Gasteiger partial charge in [-0.1, -0.05) is 83.3 Å². The van der Waals surface area contributed by atoms with Crippen LogP contribution < -0.4 is 10.8 Å². The number of rotatable bonds is 20. The maximum absolute atomic E-state index is 11.1. The largest absolute Gasteiger partial charge is 0.544 e. The van der Waals surface area contributed by atoms with Gasteiger partial charge in [0.15, 0.2) is 0 Å². The first kappa shape index (κ1) is 26.6. The van der Waals surface area contributed by atoms with Crippen molar-refractivity contribution in [1.82, 2.24) is 0 Å². The summed E-state index contributed by atoms with van der Waals surface area (Å²) in [5, 5.41) is 11.1. The molecule has 5 heteroatoms. The Morgan fingerprint density at radius 2 is 1.53 bits per heavy atom. The molecule has 2 N–H and O–H groups in total. The number of allylic oxidation sites excluding steroid dienone is 2. The van der Waals surface area contributed by atoms with Gasteiger partial charge in [0.2, 0.25) is 5.84 Å². The molecule has 0 aromatic carbocycles. The van der Waals surface area contributed by atoms with E-state index in [1.807, 2.05) is 6.20 Å². The van der Waals surface area contributed by atoms with Crippen LogP contribution in [0.4, 0.5) is 0 Å². The molecule has 0 fully saturated rings. The summed E-state index contributed by atoms with van der Waals surface area (Å²) in [5.41, 5.74) is 5.70. The third-order valence-corrected chi connectivity index (χ3v) is 5.94. The molecule has 1 rings (SSSR count). The van der Waals surface area contributed by atoms with Crippen LogP contribution in [0, 0.1) is 0 Å². The minimum atomic E-state index is -1.05. The van der Waals surface area contributed by atoms with E-state index in [0.717, 1.165) is 18.7 Å². The van der Waals surface area contributed by atoms with E-state index < -0.39 is 5.97 Å². The molecule has 172 valence electrons. The van der Waals surface area contributed by atoms with Crippen molar-refractivity contribution in [2.24, 2.45) is 10.7 Å². The number of nitrogens with zero attached hydrogens (tertiary/aromatic N) is 2. The Balaban J connectivity index is 1.98. The lowest BCUT2D eigenvalue weighted by atomic mass is 10.0. The number of hydrogen-bond donors (Lipinski definition) is 1. The molecule has 30 heavy (non-hydrogen) atoms. The standard InChI is InChI=1S/C25H45N3O2/c1-2-3-4-5-6-7-8-9-10-11-12-13-14-15-16-17-18-24-27-20-22-28(24,21-19-26)23-25(29)30/h5-6,20,22H,2-4,7-19,21,23,26H2,1H3/b6-5+. The van der Waals surface area contributed by atoms with Crippen molar-refractivity contribution in [3.05, 3.63) is 24.6 Å². The Hall–Kier alpha value is -1.46. The van der Waals surface area contributed by atoms with Crippen LogP contribution in [0.15, 0.2) is 29.5 Å². The molecule has 0 radical (unpaired) electrons. The van der Waals surface area contributed by atoms with Gasteiger partial charge >= 0.3 is 0 Å². The Kier molecular flexibility index (Phi) is 15.3. The molecule has 0 saturated heterocycles. The summed E-state index contributed by atoms with van der Waals surface area (Å²) < 4.78 is 0.243. The van der Waals surface area contributed by atoms with Crippen molar-refractivity contribution >= 4 is 11.8 Å². The van der Waals surface area contributed by atoms with E-state index in [4.69, 9.17) is 5.73 Å². The summed E-state index contributed by atoms with van der Waals surface area (Å²) in [6.45, 7) is 3.18. The van der Waals surface area contributed by atoms with Gasteiger partial charge in [-0.15, -0.1) is 0 Å². The maximum atomic E-state index is 11.1. The quantitative estimate of drug-likeness (QED) is 0.174. The highest BCUT2D eigenvalue weighted by Crippen LogP contribution is 2.21. The van der Waals surface area contributed by atoms with Crippen LogP contribution in [0.2, 0.25) is 0 Å². The molecule has 1 heterocycles. The minimum absolute atomic E-state index is 0.0678. The number of hydrogen-bond acceptors (Lipinski definition) is 4. The summed E-state index contributed by atoms with van der Waals surface area (Å²) in [6.07, 6.45) is 27.1. The molecule has 0 aromatic rings. The first-order valence-corrected chi connectivity index (χ1v) is 12.3. The zero-order chi connectivity index (χ0) is 21.9. The van der Waals surface area contributed by atoms with E-state index in [9.17, 15) is 9.90 Å². The van der Waals surface area contributed by atoms with Gasteiger partial charge in [-0.05, 0) is 25.7 Å². The van der Waals surface area contributed by atoms with E-state index in [2.05, 4.69) is 24.1 Å². The van der Waals surface area contributed by atoms with Crippen LogP contribution in [0.5, 0.6) is 0 Å². The van der Waals surface area contributed by atoms with Gasteiger partial charge in [-0.2, -0.15) is 0 Å². The number of carboxylic acids is 1. The van der Waals surface area contributed by atoms with E-state index >= 15 is 0 Å². The first-order valence-electron chi connectivity index (χ1n) is 12.3. The lowest BCUT2D eigenvalue weighted by molar-refractivity contribution is -0.780. The van der Waals surface area contributed by atoms with Crippen molar-refractivity contribution in [1.29, 1.82) is 0 Å². The van der Waals surface area contributed by atoms with E-state index in [1.54, 1.807) is 6.20 Å². The molecule has 0 amide bonds. The number of carboxylic acid groups (broad SMARTS) is 1. The van der Waals surface area contributed by atoms with Gasteiger partial charge in [0.1, 0.15) is 19.3 Å². The molecular weight excluding hydrogens is 374 g/mol. The SMILES string of the molecule is CCCC/C=C/CCCCCCCCCCCCC1=NC=C[N+]1(CCN)CC(=O)[O-]. The molecule has 0 aliphatic carbocycles. The zero-order valence-corrected chi connectivity index (χ0v) is 19.3. The molecule has 0 aromatic heterocycles. The molecule has 1 atom stereocenters. The molecule has 1 aliphatic rings. The molecule has 1 aliphatic heterocycles. The average Bonchev–Trinajstić information content (AvgIpc) is 3.09. The molecule has 1 unspecified atom stereocenters. The summed E-state index contributed by atoms with van der Waals surface area (Å²) in [6, 6.07) is 0. The number of carbonyl (C=O) groups excluding carboxylic acids is 1. The van der Waals surface area contributed by atoms with Crippen molar-refractivity contribution < 1.29 is 14.4 Å². The Bertz CT molecular complexity index is 543. The molecule has 0 spiro atoms. The van der Waals surface area contributed by atoms with Crippen LogP contribution in [-0.4, -0.2) is 35.9 Å². The van der Waals surface area contributed by atoms with Crippen LogP contribution in [-0.2, 0) is 4.79 Å². The number of carbonyl (C=O) groups is 1. The van der Waals surface area contributed by atoms with Crippen molar-refractivity contribution in [3.63, 3.8) is 0 Å². The fourth-order valence-electron chi connectivity index (χ4n) is 4.14. The fourth-order valence-corrected chi connectivity index (χ4v) is 4.14. The smallest absolute Gasteiger partial charge is 0.207 e. The van der Waals surface area contributed by atoms with Gasteiger partial charge < -0.3 is 15.6 Å². The van der Waals surface area contributed by atoms with E-state index in [-0.39, 0.29) is 11.0 Å². The van der Waals surface area contributed by atoms with Crippen LogP contribution in [0.25, 0.3) is 0 Å². The van der Waals surface area contributed by atoms with Crippen LogP contribution in [0.1, 0.15) is 103 Å². The number of amidine groups is 1. The van der Waals surface area contributed by atoms with Crippen LogP contribution in [0.3, 0.4) is 0 Å². The van der Waals surface area contributed by atoms with Gasteiger partial charge in [-0.25, -0.2) is 9.48 Å². The average molecular weight is 420 g/mol. The molecule has 0 saturated carbocycles. The van der Waals surface area contributed by atoms with Crippen LogP contribution >= 0.6 is 0 Å². The van der Waals surface area contributed by atoms with Crippen molar-refractivity contribution in [3.8, 4) is 0 Å². The normalized spacial score (nSPS) is 18.4. The Labute approximate surface area is 184 Å². The summed E-state index contributed by atoms with van der Waals surface area (Å²) in [4.78, 5) is 15.6. The summed E-state index contributed by atoms with van der Waals surface area (Å²) in [7, 11) is 0. The van der Waals surface area contributed by atoms with Gasteiger partial charge in [-0.3, -0.25) is 0 Å². The van der Waals surface area contributed by atoms with Crippen molar-refractivity contribution in [2.45, 2.75) is 103 Å². The monoisotopic (exact) mass is 419 g/mol. The van der Waals surface area contributed by atoms with Gasteiger partial charge in [0.25, 0.3) is 0 Å². The zero-order valence-electron chi connectivity index (χ0n) is 19.3. The maximum Gasteiger partial charge on any atom is 0.207 e. The highest BCUT2D eigenvalue weighted by molar-refractivity contribution is 5.80. The second-order valence-electron chi connectivity index (χ2n) is 8.61. The summed E-state index contributed by atoms with van der Waals surface area (Å²) >= 11 is 0. The number of aliphatic imine (C=N–C) groups is 1. The lowest BCUT2D eigenvalue weighted by Crippen LogP contribution is -2.55. The van der Waals surface area contributed by atoms with Crippen molar-refractivity contribution in [2.75, 3.05) is 19.6 Å². The second-order valence-corrected chi connectivity index (χ2v) is 8.61. The third-order valence-electron chi connectivity index (χ3n) is 5.94. The molecule has 0 bridgehead atoms. The molecular formula is C25H45N3O2. The summed E-state index contributed by atoms with van der Waals surface area (Å²) in [5.74, 6) is -0.129. The second kappa shape index (κ2) is 17.2. The number of nitrogens with two attached hydrogens (primary N) is 1. The first-order chi connectivity index (χ1) is 14.6. The molecule has 5 nitrogen and oxygen atoms in total. The Morgan fingerprint density at radius 1 is 0.967 bits per heavy atom. The van der Waals surface area contributed by atoms with E-state index in [0.29, 0.717) is 13.1 Å². The van der Waals surface area contributed by atoms with Gasteiger partial charge in [0.05, 0.1) is 12.2 Å². The number of unbranched alkanes of at least 4 members (excludes halogenated alkanes) is 12. The number of aliphatic carboxylic acids is 1. The highest BCUT2D eigenvalue weighted by Gasteiger charge is 2.34. The van der Waals surface area contributed by atoms with E-state index in [1.165, 1.54) is 83.5 Å². The topological polar surface area (TPSA) is 78.5 Å². The fraction of sp³-hybridized carbons (Fsp3) is 0.760. The lowest BCUT2D eigenvalue weighted by Gasteiger charge is -2.32.